The number of ether oxygens (including phenoxy) is 1. The number of amides is 2. The average molecular weight is 720 g/mol. The number of carbonyl (C=O) groups is 2. The van der Waals surface area contributed by atoms with Crippen LogP contribution in [0.5, 0.6) is 11.5 Å². The van der Waals surface area contributed by atoms with Crippen LogP contribution >= 0.6 is 0 Å². The first-order valence-corrected chi connectivity index (χ1v) is 18.1. The Morgan fingerprint density at radius 2 is 1.60 bits per heavy atom. The first-order chi connectivity index (χ1) is 29.0. The van der Waals surface area contributed by atoms with Gasteiger partial charge in [-0.2, -0.15) is 5.10 Å². The highest BCUT2D eigenvalue weighted by atomic mass is 16.5. The van der Waals surface area contributed by atoms with Crippen molar-refractivity contribution in [3.05, 3.63) is 90.3 Å². The highest BCUT2D eigenvalue weighted by Crippen LogP contribution is 2.38. The van der Waals surface area contributed by atoms with E-state index in [0.29, 0.717) is 77.3 Å². The number of piperazine rings is 1. The summed E-state index contributed by atoms with van der Waals surface area (Å²) in [6.45, 7) is -11.5. The van der Waals surface area contributed by atoms with Gasteiger partial charge in [0, 0.05) is 68.8 Å². The van der Waals surface area contributed by atoms with E-state index < -0.39 is 32.0 Å². The monoisotopic (exact) mass is 719 g/mol. The van der Waals surface area contributed by atoms with Gasteiger partial charge in [-0.3, -0.25) is 24.7 Å². The third-order valence-corrected chi connectivity index (χ3v) is 10.7. The van der Waals surface area contributed by atoms with Gasteiger partial charge >= 0.3 is 0 Å². The van der Waals surface area contributed by atoms with E-state index in [1.54, 1.807) is 12.1 Å². The summed E-state index contributed by atoms with van der Waals surface area (Å²) >= 11 is 0. The molecule has 3 aliphatic heterocycles. The Labute approximate surface area is 320 Å². The third kappa shape index (κ3) is 6.84. The number of fused-ring (bicyclic) bond motifs is 2. The first kappa shape index (κ1) is 25.6. The Balaban J connectivity index is 0.916. The number of piperidine rings is 1. The number of para-hydroxylation sites is 1. The van der Waals surface area contributed by atoms with Crippen LogP contribution < -0.4 is 20.7 Å². The van der Waals surface area contributed by atoms with E-state index in [9.17, 15) is 9.59 Å². The van der Waals surface area contributed by atoms with Gasteiger partial charge in [0.1, 0.15) is 29.3 Å². The van der Waals surface area contributed by atoms with Crippen molar-refractivity contribution >= 4 is 34.4 Å². The Hall–Kier alpha value is -5.33. The quantitative estimate of drug-likeness (QED) is 0.197. The molecule has 1 unspecified atom stereocenters. The summed E-state index contributed by atoms with van der Waals surface area (Å²) in [5, 5.41) is 7.98. The average Bonchev–Trinajstić information content (AvgIpc) is 3.83. The van der Waals surface area contributed by atoms with Gasteiger partial charge in [0.15, 0.2) is 5.65 Å². The molecule has 0 bridgehead atoms. The molecule has 3 aromatic carbocycles. The Kier molecular flexibility index (Phi) is 6.88. The standard InChI is InChI=1S/C41H45N9O3/c42-39-37-38(28-9-14-34(15-10-28)53-33-4-2-1-3-5-33)46-50(40(37)44-26-43-39)31-11-6-27(7-12-31)23-47-18-20-48(21-19-47)32-13-8-29-24-49(25-30(29)22-32)35-16-17-36(51)45-41(35)52/h1-5,8-10,13-15,22,26-27,31,35H,6-7,11-12,16-21,23-25H2,(H2,42,43,44)(H,45,51,52)/i18D2,19D2,20D2,21D2. The van der Waals surface area contributed by atoms with Crippen molar-refractivity contribution in [3.63, 3.8) is 0 Å². The molecule has 5 aromatic rings. The summed E-state index contributed by atoms with van der Waals surface area (Å²) in [4.78, 5) is 36.4. The highest BCUT2D eigenvalue weighted by molar-refractivity contribution is 6.00. The Morgan fingerprint density at radius 1 is 0.849 bits per heavy atom. The molecule has 12 nitrogen and oxygen atoms in total. The molecule has 53 heavy (non-hydrogen) atoms. The predicted octanol–water partition coefficient (Wildman–Crippen LogP) is 5.54. The minimum Gasteiger partial charge on any atom is -0.457 e. The minimum atomic E-state index is -3.02. The van der Waals surface area contributed by atoms with E-state index in [4.69, 9.17) is 26.5 Å². The van der Waals surface area contributed by atoms with Crippen LogP contribution in [0.15, 0.2) is 79.1 Å². The Morgan fingerprint density at radius 3 is 2.38 bits per heavy atom. The van der Waals surface area contributed by atoms with Crippen molar-refractivity contribution < 1.29 is 25.3 Å². The van der Waals surface area contributed by atoms with Gasteiger partial charge in [-0.05, 0) is 97.7 Å². The smallest absolute Gasteiger partial charge is 0.243 e. The number of imide groups is 1. The second-order valence-electron chi connectivity index (χ2n) is 14.1. The van der Waals surface area contributed by atoms with Crippen LogP contribution in [0, 0.1) is 5.92 Å². The molecule has 12 heteroatoms. The van der Waals surface area contributed by atoms with Crippen LogP contribution in [-0.2, 0) is 22.7 Å². The van der Waals surface area contributed by atoms with Gasteiger partial charge in [-0.1, -0.05) is 24.3 Å². The second kappa shape index (κ2) is 14.2. The largest absolute Gasteiger partial charge is 0.457 e. The van der Waals surface area contributed by atoms with E-state index in [0.717, 1.165) is 16.0 Å². The van der Waals surface area contributed by atoms with Crippen molar-refractivity contribution in [2.24, 2.45) is 5.92 Å². The van der Waals surface area contributed by atoms with Gasteiger partial charge in [-0.25, -0.2) is 14.6 Å². The molecular weight excluding hydrogens is 667 g/mol. The zero-order valence-electron chi connectivity index (χ0n) is 37.0. The fraction of sp³-hybridized carbons (Fsp3) is 0.390. The van der Waals surface area contributed by atoms with Crippen LogP contribution in [0.2, 0.25) is 0 Å². The van der Waals surface area contributed by atoms with Crippen molar-refractivity contribution in [1.29, 1.82) is 0 Å². The third-order valence-electron chi connectivity index (χ3n) is 10.7. The summed E-state index contributed by atoms with van der Waals surface area (Å²) in [5.41, 5.74) is 9.88. The summed E-state index contributed by atoms with van der Waals surface area (Å²) in [6, 6.07) is 21.0. The molecule has 2 saturated heterocycles. The lowest BCUT2D eigenvalue weighted by Crippen LogP contribution is -2.50. The topological polar surface area (TPSA) is 135 Å². The maximum Gasteiger partial charge on any atom is 0.243 e. The number of hydrogen-bond acceptors (Lipinski definition) is 10. The summed E-state index contributed by atoms with van der Waals surface area (Å²) in [5.74, 6) is 0.651. The van der Waals surface area contributed by atoms with Crippen LogP contribution in [0.3, 0.4) is 0 Å². The van der Waals surface area contributed by atoms with E-state index >= 15 is 0 Å². The molecule has 1 atom stereocenters. The summed E-state index contributed by atoms with van der Waals surface area (Å²) in [7, 11) is 0. The molecule has 3 fully saturated rings. The van der Waals surface area contributed by atoms with Crippen molar-refractivity contribution in [2.75, 3.05) is 43.2 Å². The summed E-state index contributed by atoms with van der Waals surface area (Å²) in [6.07, 6.45) is 4.14. The van der Waals surface area contributed by atoms with E-state index in [2.05, 4.69) is 15.3 Å². The van der Waals surface area contributed by atoms with Crippen LogP contribution in [0.1, 0.15) is 66.7 Å². The number of aromatic nitrogens is 4. The Bertz CT molecular complexity index is 2470. The van der Waals surface area contributed by atoms with Crippen LogP contribution in [0.4, 0.5) is 11.5 Å². The van der Waals surface area contributed by atoms with E-state index in [1.165, 1.54) is 12.4 Å². The lowest BCUT2D eigenvalue weighted by Gasteiger charge is -2.39. The maximum absolute atomic E-state index is 12.6. The zero-order chi connectivity index (χ0) is 43.1. The van der Waals surface area contributed by atoms with E-state index in [-0.39, 0.29) is 54.8 Å². The van der Waals surface area contributed by atoms with Gasteiger partial charge in [0.2, 0.25) is 11.8 Å². The molecule has 3 N–H and O–H groups in total. The SMILES string of the molecule is [2H]C1([2H])N(CC2CCC(n3nc(-c4ccc(Oc5ccccc5)cc4)c4c(N)ncnc43)CC2)C([2H])([2H])C([2H])([2H])N(c2ccc3c(c2)CN(C2CCC(=O)NC2=O)C3)C1([2H])[2H]. The van der Waals surface area contributed by atoms with Crippen LogP contribution in [0.25, 0.3) is 22.3 Å². The lowest BCUT2D eigenvalue weighted by molar-refractivity contribution is -0.137. The number of nitrogens with two attached hydrogens (primary N) is 1. The fourth-order valence-corrected chi connectivity index (χ4v) is 7.88. The number of carbonyl (C=O) groups excluding carboxylic acids is 2. The van der Waals surface area contributed by atoms with Gasteiger partial charge < -0.3 is 15.4 Å². The molecule has 5 heterocycles. The number of benzene rings is 3. The molecule has 2 amide bonds. The second-order valence-corrected chi connectivity index (χ2v) is 14.1. The van der Waals surface area contributed by atoms with Gasteiger partial charge in [-0.15, -0.1) is 0 Å². The number of hydrogen-bond donors (Lipinski definition) is 2. The number of anilines is 2. The normalized spacial score (nSPS) is 28.6. The first-order valence-electron chi connectivity index (χ1n) is 22.1. The molecule has 1 aliphatic carbocycles. The van der Waals surface area contributed by atoms with Crippen molar-refractivity contribution in [2.45, 2.75) is 63.7 Å². The molecule has 0 radical (unpaired) electrons. The lowest BCUT2D eigenvalue weighted by atomic mass is 9.85. The van der Waals surface area contributed by atoms with Gasteiger partial charge in [0.05, 0.1) is 23.0 Å². The molecular formula is C41H45N9O3. The maximum atomic E-state index is 12.6. The van der Waals surface area contributed by atoms with Crippen molar-refractivity contribution in [3.8, 4) is 22.8 Å². The summed E-state index contributed by atoms with van der Waals surface area (Å²) < 4.78 is 81.0. The molecule has 9 rings (SSSR count). The fourth-order valence-electron chi connectivity index (χ4n) is 7.88. The number of rotatable bonds is 8. The number of nitrogens with one attached hydrogen (secondary N) is 1. The molecule has 4 aliphatic rings. The molecule has 272 valence electrons. The molecule has 1 saturated carbocycles. The predicted molar refractivity (Wildman–Crippen MR) is 203 cm³/mol. The molecule has 0 spiro atoms. The van der Waals surface area contributed by atoms with Crippen molar-refractivity contribution in [1.82, 2.24) is 34.9 Å². The van der Waals surface area contributed by atoms with Crippen LogP contribution in [-0.4, -0.2) is 79.9 Å². The zero-order valence-corrected chi connectivity index (χ0v) is 29.0. The molecule has 2 aromatic heterocycles. The van der Waals surface area contributed by atoms with Gasteiger partial charge in [0.25, 0.3) is 0 Å². The minimum absolute atomic E-state index is 0.0153. The number of nitrogen functional groups attached to an aromatic ring is 1. The highest BCUT2D eigenvalue weighted by Gasteiger charge is 2.35. The van der Waals surface area contributed by atoms with E-state index in [1.807, 2.05) is 64.2 Å². The number of nitrogens with zero attached hydrogens (tertiary/aromatic N) is 7.